The van der Waals surface area contributed by atoms with Gasteiger partial charge in [-0.15, -0.1) is 5.10 Å². The zero-order valence-electron chi connectivity index (χ0n) is 14.6. The number of nitrogens with one attached hydrogen (secondary N) is 2. The summed E-state index contributed by atoms with van der Waals surface area (Å²) >= 11 is 12.9. The van der Waals surface area contributed by atoms with E-state index >= 15 is 0 Å². The Morgan fingerprint density at radius 3 is 2.69 bits per heavy atom. The van der Waals surface area contributed by atoms with Gasteiger partial charge >= 0.3 is 0 Å². The van der Waals surface area contributed by atoms with Gasteiger partial charge in [-0.2, -0.15) is 0 Å². The van der Waals surface area contributed by atoms with Crippen molar-refractivity contribution in [1.82, 2.24) is 15.2 Å². The van der Waals surface area contributed by atoms with E-state index in [0.717, 1.165) is 11.8 Å². The molecule has 3 aromatic rings. The van der Waals surface area contributed by atoms with Crippen molar-refractivity contribution in [3.63, 3.8) is 0 Å². The number of aromatic nitrogens is 3. The number of hydrogen-bond acceptors (Lipinski definition) is 7. The third-order valence-corrected chi connectivity index (χ3v) is 4.88. The number of halogens is 2. The molecule has 29 heavy (non-hydrogen) atoms. The van der Waals surface area contributed by atoms with Crippen molar-refractivity contribution < 1.29 is 14.5 Å². The molecule has 1 amide bonds. The second kappa shape index (κ2) is 9.59. The summed E-state index contributed by atoms with van der Waals surface area (Å²) in [6.07, 6.45) is 0. The first kappa shape index (κ1) is 20.9. The second-order valence-corrected chi connectivity index (χ2v) is 7.35. The molecule has 0 aliphatic rings. The monoisotopic (exact) mass is 453 g/mol. The normalized spacial score (nSPS) is 10.6. The largest absolute Gasteiger partial charge is 0.486 e. The van der Waals surface area contributed by atoms with Crippen LogP contribution in [0.15, 0.2) is 47.6 Å². The maximum absolute atomic E-state index is 12.1. The summed E-state index contributed by atoms with van der Waals surface area (Å²) in [5.41, 5.74) is 0.131. The lowest BCUT2D eigenvalue weighted by atomic mass is 10.3. The fourth-order valence-corrected chi connectivity index (χ4v) is 3.09. The van der Waals surface area contributed by atoms with Gasteiger partial charge in [-0.3, -0.25) is 20.0 Å². The molecule has 0 bridgehead atoms. The second-order valence-electron chi connectivity index (χ2n) is 5.57. The number of nitrogens with zero attached hydrogens (tertiary/aromatic N) is 3. The SMILES string of the molecule is O=C(CSc1n[nH]c(COc2ccc(Cl)cc2)n1)Nc1ccc([N+](=O)[O-])cc1Cl. The van der Waals surface area contributed by atoms with Crippen LogP contribution in [0.1, 0.15) is 5.82 Å². The fourth-order valence-electron chi connectivity index (χ4n) is 2.12. The van der Waals surface area contributed by atoms with Crippen molar-refractivity contribution in [2.24, 2.45) is 0 Å². The molecule has 2 aromatic carbocycles. The average Bonchev–Trinajstić information content (AvgIpc) is 3.15. The minimum atomic E-state index is -0.565. The zero-order valence-corrected chi connectivity index (χ0v) is 16.9. The number of rotatable bonds is 8. The van der Waals surface area contributed by atoms with E-state index in [-0.39, 0.29) is 34.7 Å². The van der Waals surface area contributed by atoms with Gasteiger partial charge in [0.15, 0.2) is 5.82 Å². The molecule has 0 saturated carbocycles. The predicted octanol–water partition coefficient (Wildman–Crippen LogP) is 4.33. The van der Waals surface area contributed by atoms with E-state index in [1.54, 1.807) is 24.3 Å². The molecule has 150 valence electrons. The van der Waals surface area contributed by atoms with Crippen LogP contribution in [0.5, 0.6) is 5.75 Å². The first-order chi connectivity index (χ1) is 13.9. The Balaban J connectivity index is 1.48. The van der Waals surface area contributed by atoms with Crippen LogP contribution in [-0.4, -0.2) is 31.8 Å². The topological polar surface area (TPSA) is 123 Å². The lowest BCUT2D eigenvalue weighted by molar-refractivity contribution is -0.384. The molecule has 0 atom stereocenters. The van der Waals surface area contributed by atoms with Gasteiger partial charge < -0.3 is 10.1 Å². The number of nitro groups is 1. The molecule has 0 fully saturated rings. The van der Waals surface area contributed by atoms with Gasteiger partial charge in [-0.1, -0.05) is 35.0 Å². The highest BCUT2D eigenvalue weighted by Gasteiger charge is 2.13. The number of thioether (sulfide) groups is 1. The van der Waals surface area contributed by atoms with Crippen LogP contribution in [0.3, 0.4) is 0 Å². The van der Waals surface area contributed by atoms with Crippen LogP contribution in [0.4, 0.5) is 11.4 Å². The summed E-state index contributed by atoms with van der Waals surface area (Å²) in [6, 6.07) is 10.7. The van der Waals surface area contributed by atoms with Gasteiger partial charge in [0.2, 0.25) is 11.1 Å². The van der Waals surface area contributed by atoms with Gasteiger partial charge in [-0.25, -0.2) is 4.98 Å². The molecule has 1 heterocycles. The molecule has 0 saturated heterocycles. The summed E-state index contributed by atoms with van der Waals surface area (Å²) in [4.78, 5) is 26.5. The lowest BCUT2D eigenvalue weighted by Gasteiger charge is -2.06. The molecule has 12 heteroatoms. The van der Waals surface area contributed by atoms with Gasteiger partial charge in [-0.05, 0) is 30.3 Å². The van der Waals surface area contributed by atoms with E-state index in [1.807, 2.05) is 0 Å². The first-order valence-electron chi connectivity index (χ1n) is 8.07. The quantitative estimate of drug-likeness (QED) is 0.295. The maximum Gasteiger partial charge on any atom is 0.271 e. The number of aromatic amines is 1. The number of carbonyl (C=O) groups excluding carboxylic acids is 1. The highest BCUT2D eigenvalue weighted by atomic mass is 35.5. The van der Waals surface area contributed by atoms with Crippen LogP contribution in [0.25, 0.3) is 0 Å². The number of amides is 1. The minimum absolute atomic E-state index is 0.0304. The van der Waals surface area contributed by atoms with Gasteiger partial charge in [0.1, 0.15) is 12.4 Å². The molecular weight excluding hydrogens is 441 g/mol. The first-order valence-corrected chi connectivity index (χ1v) is 9.81. The van der Waals surface area contributed by atoms with E-state index < -0.39 is 4.92 Å². The molecule has 0 unspecified atom stereocenters. The summed E-state index contributed by atoms with van der Waals surface area (Å²) < 4.78 is 5.56. The van der Waals surface area contributed by atoms with Crippen molar-refractivity contribution in [2.45, 2.75) is 11.8 Å². The molecule has 0 spiro atoms. The van der Waals surface area contributed by atoms with Crippen LogP contribution >= 0.6 is 35.0 Å². The Morgan fingerprint density at radius 2 is 2.00 bits per heavy atom. The van der Waals surface area contributed by atoms with Crippen LogP contribution < -0.4 is 10.1 Å². The Morgan fingerprint density at radius 1 is 1.24 bits per heavy atom. The van der Waals surface area contributed by atoms with Gasteiger partial charge in [0.05, 0.1) is 21.4 Å². The van der Waals surface area contributed by atoms with Crippen LogP contribution in [-0.2, 0) is 11.4 Å². The number of benzene rings is 2. The molecule has 1 aromatic heterocycles. The number of hydrogen-bond donors (Lipinski definition) is 2. The standard InChI is InChI=1S/C17H13Cl2N5O4S/c18-10-1-4-12(5-2-10)28-8-15-21-17(23-22-15)29-9-16(25)20-14-6-3-11(24(26)27)7-13(14)19/h1-7H,8-9H2,(H,20,25)(H,21,22,23). The molecule has 2 N–H and O–H groups in total. The van der Waals surface area contributed by atoms with Gasteiger partial charge in [0, 0.05) is 17.2 Å². The van der Waals surface area contributed by atoms with Crippen LogP contribution in [0.2, 0.25) is 10.0 Å². The third-order valence-electron chi connectivity index (χ3n) is 3.47. The zero-order chi connectivity index (χ0) is 20.8. The molecule has 0 aliphatic heterocycles. The van der Waals surface area contributed by atoms with Crippen molar-refractivity contribution in [3.8, 4) is 5.75 Å². The summed E-state index contributed by atoms with van der Waals surface area (Å²) in [6.45, 7) is 0.180. The maximum atomic E-state index is 12.1. The number of anilines is 1. The number of ether oxygens (including phenoxy) is 1. The third kappa shape index (κ3) is 6.08. The smallest absolute Gasteiger partial charge is 0.271 e. The van der Waals surface area contributed by atoms with Crippen molar-refractivity contribution in [3.05, 3.63) is 68.4 Å². The van der Waals surface area contributed by atoms with E-state index in [1.165, 1.54) is 18.2 Å². The van der Waals surface area contributed by atoms with Crippen molar-refractivity contribution >= 4 is 52.2 Å². The Kier molecular flexibility index (Phi) is 6.91. The number of carbonyl (C=O) groups is 1. The Labute approximate surface area is 178 Å². The molecule has 0 radical (unpaired) electrons. The molecule has 3 rings (SSSR count). The van der Waals surface area contributed by atoms with E-state index in [4.69, 9.17) is 27.9 Å². The average molecular weight is 454 g/mol. The van der Waals surface area contributed by atoms with Crippen LogP contribution in [0, 0.1) is 10.1 Å². The van der Waals surface area contributed by atoms with Gasteiger partial charge in [0.25, 0.3) is 5.69 Å². The van der Waals surface area contributed by atoms with Crippen molar-refractivity contribution in [1.29, 1.82) is 0 Å². The predicted molar refractivity (Wildman–Crippen MR) is 110 cm³/mol. The lowest BCUT2D eigenvalue weighted by Crippen LogP contribution is -2.14. The van der Waals surface area contributed by atoms with E-state index in [2.05, 4.69) is 20.5 Å². The molecular formula is C17H13Cl2N5O4S. The summed E-state index contributed by atoms with van der Waals surface area (Å²) in [5.74, 6) is 0.818. The fraction of sp³-hybridized carbons (Fsp3) is 0.118. The molecule has 0 aliphatic carbocycles. The molecule has 9 nitrogen and oxygen atoms in total. The number of nitro benzene ring substituents is 1. The highest BCUT2D eigenvalue weighted by Crippen LogP contribution is 2.27. The minimum Gasteiger partial charge on any atom is -0.486 e. The van der Waals surface area contributed by atoms with E-state index in [9.17, 15) is 14.9 Å². The van der Waals surface area contributed by atoms with E-state index in [0.29, 0.717) is 21.8 Å². The Bertz CT molecular complexity index is 1030. The summed E-state index contributed by atoms with van der Waals surface area (Å²) in [5, 5.41) is 21.1. The highest BCUT2D eigenvalue weighted by molar-refractivity contribution is 7.99. The number of non-ortho nitro benzene ring substituents is 1. The summed E-state index contributed by atoms with van der Waals surface area (Å²) in [7, 11) is 0. The Hall–Kier alpha value is -2.82. The number of H-pyrrole nitrogens is 1. The van der Waals surface area contributed by atoms with Crippen molar-refractivity contribution in [2.75, 3.05) is 11.1 Å².